The molecule has 0 aliphatic carbocycles. The van der Waals surface area contributed by atoms with Crippen LogP contribution in [0.25, 0.3) is 0 Å². The van der Waals surface area contributed by atoms with Crippen molar-refractivity contribution >= 4 is 5.82 Å². The van der Waals surface area contributed by atoms with Gasteiger partial charge in [0.15, 0.2) is 0 Å². The van der Waals surface area contributed by atoms with Crippen LogP contribution in [0.5, 0.6) is 0 Å². The molecular formula is C11H17N2O. The van der Waals surface area contributed by atoms with Gasteiger partial charge >= 0.3 is 0 Å². The SMILES string of the molecule is CC(C)(C)OCCNc1cc[c]cn1. The Morgan fingerprint density at radius 3 is 2.86 bits per heavy atom. The van der Waals surface area contributed by atoms with Crippen molar-refractivity contribution in [2.45, 2.75) is 26.4 Å². The molecule has 0 aliphatic heterocycles. The van der Waals surface area contributed by atoms with Crippen molar-refractivity contribution in [1.29, 1.82) is 0 Å². The van der Waals surface area contributed by atoms with Crippen LogP contribution in [0.4, 0.5) is 5.82 Å². The minimum atomic E-state index is -0.0699. The van der Waals surface area contributed by atoms with E-state index in [2.05, 4.69) is 16.4 Å². The lowest BCUT2D eigenvalue weighted by atomic mass is 10.2. The molecule has 1 aromatic heterocycles. The second-order valence-electron chi connectivity index (χ2n) is 4.03. The first-order valence-electron chi connectivity index (χ1n) is 4.78. The predicted octanol–water partition coefficient (Wildman–Crippen LogP) is 2.11. The highest BCUT2D eigenvalue weighted by atomic mass is 16.5. The third kappa shape index (κ3) is 4.82. The van der Waals surface area contributed by atoms with Gasteiger partial charge in [-0.3, -0.25) is 0 Å². The summed E-state index contributed by atoms with van der Waals surface area (Å²) in [6.07, 6.45) is 1.65. The highest BCUT2D eigenvalue weighted by Gasteiger charge is 2.08. The zero-order chi connectivity index (χ0) is 10.4. The molecule has 1 heterocycles. The van der Waals surface area contributed by atoms with Crippen molar-refractivity contribution in [2.24, 2.45) is 0 Å². The third-order valence-electron chi connectivity index (χ3n) is 1.56. The summed E-state index contributed by atoms with van der Waals surface area (Å²) in [4.78, 5) is 4.09. The summed E-state index contributed by atoms with van der Waals surface area (Å²) >= 11 is 0. The van der Waals surface area contributed by atoms with Gasteiger partial charge in [0, 0.05) is 18.8 Å². The maximum Gasteiger partial charge on any atom is 0.125 e. The summed E-state index contributed by atoms with van der Waals surface area (Å²) in [5.41, 5.74) is -0.0699. The number of rotatable bonds is 4. The molecule has 0 atom stereocenters. The molecule has 0 aliphatic rings. The number of ether oxygens (including phenoxy) is 1. The zero-order valence-corrected chi connectivity index (χ0v) is 9.00. The first kappa shape index (κ1) is 11.0. The molecule has 1 rings (SSSR count). The Bertz CT molecular complexity index is 254. The molecule has 0 saturated carbocycles. The molecule has 3 nitrogen and oxygen atoms in total. The van der Waals surface area contributed by atoms with Crippen LogP contribution in [-0.2, 0) is 4.74 Å². The number of hydrogen-bond donors (Lipinski definition) is 1. The number of hydrogen-bond acceptors (Lipinski definition) is 3. The van der Waals surface area contributed by atoms with Crippen molar-refractivity contribution < 1.29 is 4.74 Å². The van der Waals surface area contributed by atoms with Crippen LogP contribution < -0.4 is 5.32 Å². The van der Waals surface area contributed by atoms with Gasteiger partial charge in [0.1, 0.15) is 5.82 Å². The van der Waals surface area contributed by atoms with Crippen LogP contribution in [0.2, 0.25) is 0 Å². The quantitative estimate of drug-likeness (QED) is 0.744. The van der Waals surface area contributed by atoms with Crippen LogP contribution in [0, 0.1) is 6.07 Å². The molecule has 0 amide bonds. The number of pyridine rings is 1. The van der Waals surface area contributed by atoms with E-state index >= 15 is 0 Å². The summed E-state index contributed by atoms with van der Waals surface area (Å²) in [5, 5.41) is 3.16. The zero-order valence-electron chi connectivity index (χ0n) is 9.00. The van der Waals surface area contributed by atoms with Crippen LogP contribution in [0.3, 0.4) is 0 Å². The van der Waals surface area contributed by atoms with Crippen LogP contribution in [0.1, 0.15) is 20.8 Å². The molecule has 0 fully saturated rings. The van der Waals surface area contributed by atoms with Gasteiger partial charge in [-0.05, 0) is 32.9 Å². The maximum absolute atomic E-state index is 5.55. The third-order valence-corrected chi connectivity index (χ3v) is 1.56. The normalized spacial score (nSPS) is 11.4. The van der Waals surface area contributed by atoms with Gasteiger partial charge in [-0.2, -0.15) is 0 Å². The lowest BCUT2D eigenvalue weighted by Gasteiger charge is -2.19. The fourth-order valence-electron chi connectivity index (χ4n) is 0.961. The van der Waals surface area contributed by atoms with Crippen molar-refractivity contribution in [3.05, 3.63) is 24.4 Å². The Kier molecular flexibility index (Phi) is 3.89. The first-order valence-corrected chi connectivity index (χ1v) is 4.78. The molecule has 1 radical (unpaired) electrons. The van der Waals surface area contributed by atoms with Crippen LogP contribution in [0.15, 0.2) is 18.3 Å². The summed E-state index contributed by atoms with van der Waals surface area (Å²) in [7, 11) is 0. The van der Waals surface area contributed by atoms with Crippen molar-refractivity contribution in [3.63, 3.8) is 0 Å². The average molecular weight is 193 g/mol. The van der Waals surface area contributed by atoms with Gasteiger partial charge in [-0.1, -0.05) is 0 Å². The van der Waals surface area contributed by atoms with E-state index in [-0.39, 0.29) is 5.60 Å². The molecular weight excluding hydrogens is 176 g/mol. The standard InChI is InChI=1S/C11H17N2O/c1-11(2,3)14-9-8-13-10-6-4-5-7-12-10/h4,6-7H,8-9H2,1-3H3,(H,12,13). The molecule has 0 bridgehead atoms. The monoisotopic (exact) mass is 193 g/mol. The van der Waals surface area contributed by atoms with E-state index in [1.54, 1.807) is 6.20 Å². The Balaban J connectivity index is 2.17. The minimum Gasteiger partial charge on any atom is -0.374 e. The first-order chi connectivity index (χ1) is 6.58. The summed E-state index contributed by atoms with van der Waals surface area (Å²) in [6.45, 7) is 7.59. The second kappa shape index (κ2) is 4.96. The fourth-order valence-corrected chi connectivity index (χ4v) is 0.961. The van der Waals surface area contributed by atoms with E-state index in [0.717, 1.165) is 12.4 Å². The molecule has 3 heteroatoms. The smallest absolute Gasteiger partial charge is 0.125 e. The van der Waals surface area contributed by atoms with Crippen molar-refractivity contribution in [3.8, 4) is 0 Å². The largest absolute Gasteiger partial charge is 0.374 e. The lowest BCUT2D eigenvalue weighted by Crippen LogP contribution is -2.23. The van der Waals surface area contributed by atoms with E-state index in [9.17, 15) is 0 Å². The number of anilines is 1. The maximum atomic E-state index is 5.55. The predicted molar refractivity (Wildman–Crippen MR) is 57.3 cm³/mol. The lowest BCUT2D eigenvalue weighted by molar-refractivity contribution is 0.00331. The van der Waals surface area contributed by atoms with E-state index in [1.165, 1.54) is 0 Å². The fraction of sp³-hybridized carbons (Fsp3) is 0.545. The molecule has 0 unspecified atom stereocenters. The molecule has 1 N–H and O–H groups in total. The Morgan fingerprint density at radius 2 is 2.29 bits per heavy atom. The minimum absolute atomic E-state index is 0.0699. The van der Waals surface area contributed by atoms with E-state index in [1.807, 2.05) is 32.9 Å². The Morgan fingerprint density at radius 1 is 1.50 bits per heavy atom. The van der Waals surface area contributed by atoms with Crippen LogP contribution in [-0.4, -0.2) is 23.7 Å². The van der Waals surface area contributed by atoms with Crippen molar-refractivity contribution in [1.82, 2.24) is 4.98 Å². The molecule has 1 aromatic rings. The summed E-state index contributed by atoms with van der Waals surface area (Å²) < 4.78 is 5.55. The molecule has 14 heavy (non-hydrogen) atoms. The van der Waals surface area contributed by atoms with E-state index < -0.39 is 0 Å². The van der Waals surface area contributed by atoms with Gasteiger partial charge in [0.2, 0.25) is 0 Å². The molecule has 0 aromatic carbocycles. The molecule has 77 valence electrons. The summed E-state index contributed by atoms with van der Waals surface area (Å²) in [5.74, 6) is 0.862. The van der Waals surface area contributed by atoms with Crippen molar-refractivity contribution in [2.75, 3.05) is 18.5 Å². The second-order valence-corrected chi connectivity index (χ2v) is 4.03. The number of nitrogens with one attached hydrogen (secondary N) is 1. The number of nitrogens with zero attached hydrogens (tertiary/aromatic N) is 1. The highest BCUT2D eigenvalue weighted by Crippen LogP contribution is 2.06. The van der Waals surface area contributed by atoms with E-state index in [0.29, 0.717) is 6.61 Å². The van der Waals surface area contributed by atoms with Gasteiger partial charge in [-0.15, -0.1) is 0 Å². The van der Waals surface area contributed by atoms with Gasteiger partial charge in [-0.25, -0.2) is 4.98 Å². The van der Waals surface area contributed by atoms with Gasteiger partial charge in [0.25, 0.3) is 0 Å². The molecule has 0 saturated heterocycles. The van der Waals surface area contributed by atoms with Gasteiger partial charge in [0.05, 0.1) is 12.2 Å². The van der Waals surface area contributed by atoms with Crippen LogP contribution >= 0.6 is 0 Å². The Labute approximate surface area is 85.5 Å². The molecule has 0 spiro atoms. The number of aromatic nitrogens is 1. The highest BCUT2D eigenvalue weighted by molar-refractivity contribution is 5.32. The van der Waals surface area contributed by atoms with Gasteiger partial charge < -0.3 is 10.1 Å². The summed E-state index contributed by atoms with van der Waals surface area (Å²) in [6, 6.07) is 6.58. The Hall–Kier alpha value is -1.09. The van der Waals surface area contributed by atoms with E-state index in [4.69, 9.17) is 4.74 Å². The topological polar surface area (TPSA) is 34.1 Å². The average Bonchev–Trinajstić information content (AvgIpc) is 2.13.